The molecule has 0 atom stereocenters. The molecule has 2 saturated carbocycles. The van der Waals surface area contributed by atoms with Crippen LogP contribution in [-0.4, -0.2) is 6.61 Å². The van der Waals surface area contributed by atoms with E-state index in [0.717, 1.165) is 31.2 Å². The summed E-state index contributed by atoms with van der Waals surface area (Å²) < 4.78 is 43.6. The topological polar surface area (TPSA) is 9.23 Å². The van der Waals surface area contributed by atoms with Crippen molar-refractivity contribution in [3.8, 4) is 5.75 Å². The van der Waals surface area contributed by atoms with Crippen molar-refractivity contribution in [1.29, 1.82) is 0 Å². The molecule has 2 fully saturated rings. The van der Waals surface area contributed by atoms with Crippen molar-refractivity contribution in [2.45, 2.75) is 64.9 Å². The van der Waals surface area contributed by atoms with E-state index in [0.29, 0.717) is 48.7 Å². The minimum Gasteiger partial charge on any atom is -0.432 e. The third-order valence-corrected chi connectivity index (χ3v) is 10.9. The summed E-state index contributed by atoms with van der Waals surface area (Å²) in [4.78, 5) is 0. The zero-order valence-corrected chi connectivity index (χ0v) is 22.5. The van der Waals surface area contributed by atoms with Gasteiger partial charge in [0.2, 0.25) is 0 Å². The van der Waals surface area contributed by atoms with Gasteiger partial charge in [-0.15, -0.1) is 0 Å². The summed E-state index contributed by atoms with van der Waals surface area (Å²) >= 11 is 0.680. The Labute approximate surface area is 171 Å². The van der Waals surface area contributed by atoms with Gasteiger partial charge < -0.3 is 4.74 Å². The Morgan fingerprint density at radius 1 is 0.917 bits per heavy atom. The second-order valence-corrected chi connectivity index (χ2v) is 14.4. The van der Waals surface area contributed by atoms with Crippen molar-refractivity contribution in [1.82, 2.24) is 0 Å². The standard InChI is InChI=1S/C19H24F3O.Ra.H/c20-17-12-16(10-11-18(17)23-19(21)22)15-8-6-14(7-9-15)13-4-2-1-3-5-13;;/h1,10-15,19H,2-9H2;;. The predicted molar refractivity (Wildman–Crippen MR) is 84.8 cm³/mol. The normalized spacial score (nSPS) is 31.1. The van der Waals surface area contributed by atoms with Crippen molar-refractivity contribution in [2.75, 3.05) is 0 Å². The smallest absolute Gasteiger partial charge is 0.432 e. The fourth-order valence-electron chi connectivity index (χ4n) is 4.64. The number of ether oxygens (including phenoxy) is 1. The molecule has 0 unspecified atom stereocenters. The molecule has 1 nitrogen and oxygen atoms in total. The zero-order chi connectivity index (χ0) is 17.1. The van der Waals surface area contributed by atoms with Crippen LogP contribution in [0.1, 0.15) is 62.8 Å². The Kier molecular flexibility index (Phi) is 6.97. The molecule has 2 aliphatic rings. The molecular weight excluding hydrogens is 527 g/mol. The number of rotatable bonds is 4. The summed E-state index contributed by atoms with van der Waals surface area (Å²) in [6.45, 7) is -2.98. The molecule has 0 amide bonds. The number of halogens is 3. The molecule has 5 heteroatoms. The van der Waals surface area contributed by atoms with E-state index in [1.807, 2.05) is 0 Å². The SMILES string of the molecule is Fc1cc(C2CCC(C3CC[CH]([RaH])CC3)CC2)ccc1OC(F)F. The van der Waals surface area contributed by atoms with Crippen LogP contribution in [0.15, 0.2) is 18.2 Å². The van der Waals surface area contributed by atoms with E-state index >= 15 is 0 Å². The zero-order valence-electron chi connectivity index (χ0n) is 14.3. The summed E-state index contributed by atoms with van der Waals surface area (Å²) in [5.41, 5.74) is 0.930. The number of benzene rings is 1. The van der Waals surface area contributed by atoms with Crippen LogP contribution >= 0.6 is 0 Å². The molecule has 0 N–H and O–H groups in total. The third-order valence-electron chi connectivity index (χ3n) is 6.14. The van der Waals surface area contributed by atoms with E-state index in [4.69, 9.17) is 0 Å². The minimum absolute atomic E-state index is 0.357. The van der Waals surface area contributed by atoms with Crippen LogP contribution in [0, 0.1) is 60.4 Å². The Hall–Kier alpha value is 0.278. The molecule has 0 spiro atoms. The predicted octanol–water partition coefficient (Wildman–Crippen LogP) is 5.96. The van der Waals surface area contributed by atoms with Crippen LogP contribution in [-0.2, 0) is 0 Å². The number of hydrogen-bond donors (Lipinski definition) is 0. The fraction of sp³-hybridized carbons (Fsp3) is 0.684. The van der Waals surface area contributed by atoms with Crippen LogP contribution < -0.4 is 4.74 Å². The monoisotopic (exact) mass is 552 g/mol. The van der Waals surface area contributed by atoms with E-state index in [2.05, 4.69) is 4.74 Å². The average Bonchev–Trinajstić information content (AvgIpc) is 2.57. The number of hydrogen-bond acceptors (Lipinski definition) is 1. The molecule has 3 rings (SSSR count). The van der Waals surface area contributed by atoms with Crippen LogP contribution in [0.4, 0.5) is 13.2 Å². The Morgan fingerprint density at radius 3 is 2.04 bits per heavy atom. The molecular formula is C19H25F3ORa. The third kappa shape index (κ3) is 4.92. The van der Waals surface area contributed by atoms with Gasteiger partial charge in [-0.3, -0.25) is 0 Å². The van der Waals surface area contributed by atoms with Gasteiger partial charge in [0.1, 0.15) is 0 Å². The van der Waals surface area contributed by atoms with E-state index in [1.165, 1.54) is 50.7 Å². The summed E-state index contributed by atoms with van der Waals surface area (Å²) in [5.74, 6) is 1.08. The summed E-state index contributed by atoms with van der Waals surface area (Å²) in [6, 6.07) is 4.48. The van der Waals surface area contributed by atoms with Gasteiger partial charge in [0, 0.05) is 0 Å². The molecule has 0 radical (unpaired) electrons. The van der Waals surface area contributed by atoms with Gasteiger partial charge in [-0.25, -0.2) is 0 Å². The average molecular weight is 552 g/mol. The van der Waals surface area contributed by atoms with E-state index in [9.17, 15) is 13.2 Å². The van der Waals surface area contributed by atoms with E-state index in [-0.39, 0.29) is 5.75 Å². The maximum atomic E-state index is 13.9. The molecule has 1 aromatic carbocycles. The Morgan fingerprint density at radius 2 is 1.50 bits per heavy atom. The first-order chi connectivity index (χ1) is 11.5. The molecule has 0 bridgehead atoms. The quantitative estimate of drug-likeness (QED) is 0.448. The van der Waals surface area contributed by atoms with Gasteiger partial charge in [0.05, 0.1) is 0 Å². The van der Waals surface area contributed by atoms with Crippen molar-refractivity contribution in [2.24, 2.45) is 11.8 Å². The minimum atomic E-state index is -2.98. The molecule has 24 heavy (non-hydrogen) atoms. The summed E-state index contributed by atoms with van der Waals surface area (Å²) in [5, 5.41) is 0. The van der Waals surface area contributed by atoms with Gasteiger partial charge >= 0.3 is 159 Å². The summed E-state index contributed by atoms with van der Waals surface area (Å²) in [6.07, 6.45) is 10.4. The van der Waals surface area contributed by atoms with Gasteiger partial charge in [0.15, 0.2) is 0 Å². The van der Waals surface area contributed by atoms with E-state index in [1.54, 1.807) is 6.07 Å². The van der Waals surface area contributed by atoms with E-state index < -0.39 is 12.4 Å². The molecule has 0 aromatic heterocycles. The molecule has 0 aliphatic heterocycles. The second-order valence-electron chi connectivity index (χ2n) is 7.70. The first-order valence-electron chi connectivity index (χ1n) is 9.27. The van der Waals surface area contributed by atoms with Gasteiger partial charge in [-0.1, -0.05) is 0 Å². The van der Waals surface area contributed by atoms with Crippen LogP contribution in [0.3, 0.4) is 0 Å². The summed E-state index contributed by atoms with van der Waals surface area (Å²) in [7, 11) is 0. The number of alkyl halides is 2. The van der Waals surface area contributed by atoms with Crippen molar-refractivity contribution >= 4 is 0 Å². The Balaban J connectivity index is 1.55. The van der Waals surface area contributed by atoms with Gasteiger partial charge in [-0.2, -0.15) is 8.78 Å². The van der Waals surface area contributed by atoms with Gasteiger partial charge in [0.25, 0.3) is 0 Å². The van der Waals surface area contributed by atoms with Crippen molar-refractivity contribution < 1.29 is 60.7 Å². The molecule has 0 saturated heterocycles. The molecule has 0 heterocycles. The second kappa shape index (κ2) is 8.78. The fourth-order valence-corrected chi connectivity index (χ4v) is 7.38. The van der Waals surface area contributed by atoms with Crippen LogP contribution in [0.2, 0.25) is 0.959 Å². The van der Waals surface area contributed by atoms with Crippen molar-refractivity contribution in [3.63, 3.8) is 0 Å². The molecule has 130 valence electrons. The first kappa shape index (κ1) is 19.1. The first-order valence-corrected chi connectivity index (χ1v) is 14.0. The molecule has 1 aromatic rings. The van der Waals surface area contributed by atoms with Crippen LogP contribution in [0.5, 0.6) is 5.75 Å². The van der Waals surface area contributed by atoms with Crippen LogP contribution in [0.25, 0.3) is 0 Å². The maximum absolute atomic E-state index is 13.9. The van der Waals surface area contributed by atoms with Crippen molar-refractivity contribution in [3.05, 3.63) is 29.6 Å². The molecule has 2 aliphatic carbocycles. The Bertz CT molecular complexity index is 535. The van der Waals surface area contributed by atoms with Gasteiger partial charge in [-0.05, 0) is 0 Å².